The second-order valence-corrected chi connectivity index (χ2v) is 4.96. The molecule has 0 saturated heterocycles. The Morgan fingerprint density at radius 1 is 1.11 bits per heavy atom. The van der Waals surface area contributed by atoms with Crippen molar-refractivity contribution in [1.82, 2.24) is 0 Å². The van der Waals surface area contributed by atoms with E-state index in [2.05, 4.69) is 0 Å². The van der Waals surface area contributed by atoms with Gasteiger partial charge in [-0.25, -0.2) is 4.79 Å². The van der Waals surface area contributed by atoms with Crippen molar-refractivity contribution < 1.29 is 24.4 Å². The van der Waals surface area contributed by atoms with E-state index in [4.69, 9.17) is 9.47 Å². The van der Waals surface area contributed by atoms with E-state index in [0.717, 1.165) is 12.8 Å². The Labute approximate surface area is 115 Å². The molecular weight excluding hydrogens is 246 g/mol. The maximum absolute atomic E-state index is 11.9. The third-order valence-electron chi connectivity index (χ3n) is 3.44. The summed E-state index contributed by atoms with van der Waals surface area (Å²) >= 11 is 0. The van der Waals surface area contributed by atoms with Gasteiger partial charge in [0.05, 0.1) is 19.3 Å². The summed E-state index contributed by atoms with van der Waals surface area (Å²) in [5.74, 6) is -0.631. The van der Waals surface area contributed by atoms with E-state index >= 15 is 0 Å². The van der Waals surface area contributed by atoms with E-state index in [0.29, 0.717) is 19.3 Å². The number of ether oxygens (including phenoxy) is 2. The lowest BCUT2D eigenvalue weighted by atomic mass is 9.94. The highest BCUT2D eigenvalue weighted by Crippen LogP contribution is 2.15. The van der Waals surface area contributed by atoms with Gasteiger partial charge in [0.15, 0.2) is 6.04 Å². The van der Waals surface area contributed by atoms with E-state index in [1.165, 1.54) is 19.3 Å². The standard InChI is InChI=1S/C14H25NO4/c1-3-18-13(16)10-12(14(17)19-4-2)15-11-8-6-5-7-9-11/h11-12,15H,3-10H2,1-2H3/p+1/t12-/m1/s1. The van der Waals surface area contributed by atoms with E-state index in [9.17, 15) is 9.59 Å². The van der Waals surface area contributed by atoms with Crippen LogP contribution in [0.2, 0.25) is 0 Å². The van der Waals surface area contributed by atoms with Crippen molar-refractivity contribution in [1.29, 1.82) is 0 Å². The van der Waals surface area contributed by atoms with E-state index in [1.807, 2.05) is 5.32 Å². The van der Waals surface area contributed by atoms with Gasteiger partial charge in [-0.1, -0.05) is 6.42 Å². The molecule has 2 N–H and O–H groups in total. The summed E-state index contributed by atoms with van der Waals surface area (Å²) in [6.45, 7) is 4.23. The summed E-state index contributed by atoms with van der Waals surface area (Å²) in [4.78, 5) is 23.4. The summed E-state index contributed by atoms with van der Waals surface area (Å²) in [6.07, 6.45) is 6.00. The Bertz CT molecular complexity index is 287. The lowest BCUT2D eigenvalue weighted by Crippen LogP contribution is -2.97. The van der Waals surface area contributed by atoms with E-state index in [1.54, 1.807) is 13.8 Å². The Hall–Kier alpha value is -1.10. The molecule has 5 heteroatoms. The normalized spacial score (nSPS) is 17.8. The molecule has 1 aliphatic carbocycles. The molecule has 0 aromatic heterocycles. The lowest BCUT2D eigenvalue weighted by molar-refractivity contribution is -0.712. The quantitative estimate of drug-likeness (QED) is 0.695. The summed E-state index contributed by atoms with van der Waals surface area (Å²) in [7, 11) is 0. The zero-order valence-corrected chi connectivity index (χ0v) is 12.0. The highest BCUT2D eigenvalue weighted by atomic mass is 16.5. The van der Waals surface area contributed by atoms with Crippen LogP contribution in [-0.2, 0) is 19.1 Å². The van der Waals surface area contributed by atoms with Crippen molar-refractivity contribution in [2.75, 3.05) is 13.2 Å². The monoisotopic (exact) mass is 272 g/mol. The molecule has 0 unspecified atom stereocenters. The zero-order valence-electron chi connectivity index (χ0n) is 12.0. The number of hydrogen-bond donors (Lipinski definition) is 1. The van der Waals surface area contributed by atoms with Crippen LogP contribution in [-0.4, -0.2) is 37.2 Å². The van der Waals surface area contributed by atoms with Crippen molar-refractivity contribution >= 4 is 11.9 Å². The number of carbonyl (C=O) groups excluding carboxylic acids is 2. The summed E-state index contributed by atoms with van der Waals surface area (Å²) < 4.78 is 9.97. The van der Waals surface area contributed by atoms with Crippen molar-refractivity contribution in [2.24, 2.45) is 0 Å². The van der Waals surface area contributed by atoms with Crippen molar-refractivity contribution in [2.45, 2.75) is 64.5 Å². The molecule has 0 amide bonds. The van der Waals surface area contributed by atoms with Crippen LogP contribution in [0.3, 0.4) is 0 Å². The minimum atomic E-state index is -0.456. The summed E-state index contributed by atoms with van der Waals surface area (Å²) in [5.41, 5.74) is 0. The molecule has 1 rings (SSSR count). The van der Waals surface area contributed by atoms with Crippen LogP contribution in [0.25, 0.3) is 0 Å². The SMILES string of the molecule is CCOC(=O)C[C@@H]([NH2+]C1CCCCC1)C(=O)OCC. The fraction of sp³-hybridized carbons (Fsp3) is 0.857. The highest BCUT2D eigenvalue weighted by molar-refractivity contribution is 5.81. The van der Waals surface area contributed by atoms with Crippen LogP contribution in [0.15, 0.2) is 0 Å². The minimum Gasteiger partial charge on any atom is -0.466 e. The third kappa shape index (κ3) is 6.05. The number of carbonyl (C=O) groups is 2. The first-order chi connectivity index (χ1) is 9.17. The molecule has 0 spiro atoms. The second kappa shape index (κ2) is 8.91. The van der Waals surface area contributed by atoms with Crippen molar-refractivity contribution in [3.63, 3.8) is 0 Å². The molecule has 5 nitrogen and oxygen atoms in total. The summed E-state index contributed by atoms with van der Waals surface area (Å²) in [6, 6.07) is -0.0281. The Morgan fingerprint density at radius 3 is 2.32 bits per heavy atom. The van der Waals surface area contributed by atoms with Gasteiger partial charge in [-0.2, -0.15) is 0 Å². The first-order valence-corrected chi connectivity index (χ1v) is 7.34. The molecule has 110 valence electrons. The van der Waals surface area contributed by atoms with Crippen LogP contribution in [0.4, 0.5) is 0 Å². The molecular formula is C14H26NO4+. The molecule has 19 heavy (non-hydrogen) atoms. The molecule has 0 aromatic carbocycles. The average molecular weight is 272 g/mol. The predicted molar refractivity (Wildman–Crippen MR) is 70.5 cm³/mol. The van der Waals surface area contributed by atoms with Gasteiger partial charge in [0.1, 0.15) is 6.42 Å². The van der Waals surface area contributed by atoms with Crippen LogP contribution >= 0.6 is 0 Å². The molecule has 1 atom stereocenters. The van der Waals surface area contributed by atoms with Gasteiger partial charge in [-0.3, -0.25) is 4.79 Å². The number of quaternary nitrogens is 1. The molecule has 0 bridgehead atoms. The van der Waals surface area contributed by atoms with Crippen molar-refractivity contribution in [3.8, 4) is 0 Å². The first kappa shape index (κ1) is 16.0. The fourth-order valence-corrected chi connectivity index (χ4v) is 2.53. The Balaban J connectivity index is 2.52. The zero-order chi connectivity index (χ0) is 14.1. The van der Waals surface area contributed by atoms with Gasteiger partial charge in [0.2, 0.25) is 0 Å². The lowest BCUT2D eigenvalue weighted by Gasteiger charge is -2.23. The topological polar surface area (TPSA) is 69.2 Å². The average Bonchev–Trinajstić information content (AvgIpc) is 2.40. The first-order valence-electron chi connectivity index (χ1n) is 7.34. The Kier molecular flexibility index (Phi) is 7.48. The Morgan fingerprint density at radius 2 is 1.74 bits per heavy atom. The maximum Gasteiger partial charge on any atom is 0.365 e. The van der Waals surface area contributed by atoms with Gasteiger partial charge < -0.3 is 14.8 Å². The van der Waals surface area contributed by atoms with Gasteiger partial charge in [-0.15, -0.1) is 0 Å². The number of nitrogens with two attached hydrogens (primary N) is 1. The largest absolute Gasteiger partial charge is 0.466 e. The van der Waals surface area contributed by atoms with Gasteiger partial charge in [0, 0.05) is 0 Å². The van der Waals surface area contributed by atoms with Gasteiger partial charge >= 0.3 is 11.9 Å². The fourth-order valence-electron chi connectivity index (χ4n) is 2.53. The molecule has 0 heterocycles. The van der Waals surface area contributed by atoms with Crippen LogP contribution in [0.1, 0.15) is 52.4 Å². The third-order valence-corrected chi connectivity index (χ3v) is 3.44. The van der Waals surface area contributed by atoms with E-state index in [-0.39, 0.29) is 18.4 Å². The van der Waals surface area contributed by atoms with Gasteiger partial charge in [0.25, 0.3) is 0 Å². The molecule has 0 radical (unpaired) electrons. The number of rotatable bonds is 7. The molecule has 0 aliphatic heterocycles. The van der Waals surface area contributed by atoms with Crippen molar-refractivity contribution in [3.05, 3.63) is 0 Å². The predicted octanol–water partition coefficient (Wildman–Crippen LogP) is 0.767. The van der Waals surface area contributed by atoms with Gasteiger partial charge in [-0.05, 0) is 39.5 Å². The summed E-state index contributed by atoms with van der Waals surface area (Å²) in [5, 5.41) is 2.01. The smallest absolute Gasteiger partial charge is 0.365 e. The van der Waals surface area contributed by atoms with E-state index < -0.39 is 6.04 Å². The second-order valence-electron chi connectivity index (χ2n) is 4.96. The van der Waals surface area contributed by atoms with Crippen LogP contribution in [0.5, 0.6) is 0 Å². The molecule has 1 fully saturated rings. The van der Waals surface area contributed by atoms with Crippen LogP contribution < -0.4 is 5.32 Å². The minimum absolute atomic E-state index is 0.100. The van der Waals surface area contributed by atoms with Crippen LogP contribution in [0, 0.1) is 0 Å². The maximum atomic E-state index is 11.9. The number of hydrogen-bond acceptors (Lipinski definition) is 4. The molecule has 1 aliphatic rings. The molecule has 0 aromatic rings. The molecule has 1 saturated carbocycles. The number of esters is 2. The highest BCUT2D eigenvalue weighted by Gasteiger charge is 2.31.